The number of nitrogens with one attached hydrogen (secondary N) is 1. The predicted octanol–water partition coefficient (Wildman–Crippen LogP) is 4.22. The topological polar surface area (TPSA) is 110 Å². The first-order valence-electron chi connectivity index (χ1n) is 11.0. The number of likely N-dealkylation sites (tertiary alicyclic amines) is 1. The highest BCUT2D eigenvalue weighted by molar-refractivity contribution is 7.91. The van der Waals surface area contributed by atoms with Crippen molar-refractivity contribution in [3.05, 3.63) is 54.1 Å². The summed E-state index contributed by atoms with van der Waals surface area (Å²) in [4.78, 5) is 11.7. The van der Waals surface area contributed by atoms with E-state index in [-0.39, 0.29) is 17.9 Å². The van der Waals surface area contributed by atoms with Crippen molar-refractivity contribution in [1.29, 1.82) is 0 Å². The molecule has 3 rings (SSSR count). The monoisotopic (exact) mass is 548 g/mol. The first kappa shape index (κ1) is 27.9. The van der Waals surface area contributed by atoms with Gasteiger partial charge in [0.15, 0.2) is 0 Å². The van der Waals surface area contributed by atoms with Crippen LogP contribution in [0.3, 0.4) is 0 Å². The van der Waals surface area contributed by atoms with Crippen LogP contribution in [0.5, 0.6) is 0 Å². The van der Waals surface area contributed by atoms with Crippen LogP contribution < -0.4 is 4.72 Å². The van der Waals surface area contributed by atoms with E-state index in [1.165, 1.54) is 29.2 Å². The van der Waals surface area contributed by atoms with Gasteiger partial charge in [-0.15, -0.1) is 0 Å². The molecular formula is C23H27F3N2O6S2. The van der Waals surface area contributed by atoms with Crippen molar-refractivity contribution in [3.8, 4) is 0 Å². The molecule has 36 heavy (non-hydrogen) atoms. The zero-order chi connectivity index (χ0) is 26.9. The molecular weight excluding hydrogens is 521 g/mol. The average molecular weight is 549 g/mol. The number of hydrogen-bond donors (Lipinski definition) is 1. The Morgan fingerprint density at radius 2 is 1.64 bits per heavy atom. The maximum atomic E-state index is 13.7. The standard InChI is InChI=1S/C23H27F3N2O6S2/c1-22(2,3)34-21(29)28-13-7-8-16(15-28)27-36(32,33)20-14-18(11-12-19(20)23(24,25)26)35(30,31)17-9-5-4-6-10-17/h4-6,9-12,14,16,27H,7-8,13,15H2,1-3H3/t16-/m0/s1. The molecule has 0 spiro atoms. The van der Waals surface area contributed by atoms with E-state index in [2.05, 4.69) is 4.72 Å². The fourth-order valence-electron chi connectivity index (χ4n) is 3.71. The summed E-state index contributed by atoms with van der Waals surface area (Å²) >= 11 is 0. The van der Waals surface area contributed by atoms with Gasteiger partial charge < -0.3 is 9.64 Å². The Bertz CT molecular complexity index is 1320. The van der Waals surface area contributed by atoms with Crippen LogP contribution in [-0.4, -0.2) is 52.6 Å². The maximum Gasteiger partial charge on any atom is 0.417 e. The van der Waals surface area contributed by atoms with Crippen molar-refractivity contribution in [2.75, 3.05) is 13.1 Å². The zero-order valence-electron chi connectivity index (χ0n) is 19.9. The number of sulfonamides is 1. The summed E-state index contributed by atoms with van der Waals surface area (Å²) in [6, 6.07) is 7.75. The van der Waals surface area contributed by atoms with Crippen molar-refractivity contribution < 1.29 is 39.5 Å². The van der Waals surface area contributed by atoms with E-state index >= 15 is 0 Å². The van der Waals surface area contributed by atoms with Crippen molar-refractivity contribution >= 4 is 26.0 Å². The molecule has 1 aliphatic rings. The number of amides is 1. The number of ether oxygens (including phenoxy) is 1. The molecule has 8 nitrogen and oxygen atoms in total. The minimum atomic E-state index is -5.06. The number of carbonyl (C=O) groups excluding carboxylic acids is 1. The number of halogens is 3. The number of benzene rings is 2. The highest BCUT2D eigenvalue weighted by atomic mass is 32.2. The average Bonchev–Trinajstić information content (AvgIpc) is 2.77. The maximum absolute atomic E-state index is 13.7. The van der Waals surface area contributed by atoms with E-state index < -0.39 is 59.1 Å². The molecule has 1 fully saturated rings. The van der Waals surface area contributed by atoms with Crippen LogP contribution in [0.4, 0.5) is 18.0 Å². The lowest BCUT2D eigenvalue weighted by molar-refractivity contribution is -0.139. The van der Waals surface area contributed by atoms with Gasteiger partial charge in [-0.2, -0.15) is 13.2 Å². The van der Waals surface area contributed by atoms with Gasteiger partial charge in [0.25, 0.3) is 0 Å². The van der Waals surface area contributed by atoms with Gasteiger partial charge in [0.05, 0.1) is 20.2 Å². The van der Waals surface area contributed by atoms with Crippen LogP contribution >= 0.6 is 0 Å². The van der Waals surface area contributed by atoms with E-state index in [9.17, 15) is 34.8 Å². The van der Waals surface area contributed by atoms with E-state index in [1.54, 1.807) is 26.8 Å². The predicted molar refractivity (Wildman–Crippen MR) is 124 cm³/mol. The molecule has 13 heteroatoms. The van der Waals surface area contributed by atoms with Crippen LogP contribution in [0.2, 0.25) is 0 Å². The summed E-state index contributed by atoms with van der Waals surface area (Å²) in [6.07, 6.45) is -5.07. The van der Waals surface area contributed by atoms with Crippen LogP contribution in [-0.2, 0) is 30.8 Å². The summed E-state index contributed by atoms with van der Waals surface area (Å²) in [5, 5.41) is 0. The van der Waals surface area contributed by atoms with Crippen molar-refractivity contribution in [3.63, 3.8) is 0 Å². The third-order valence-electron chi connectivity index (χ3n) is 5.31. The second-order valence-electron chi connectivity index (χ2n) is 9.36. The van der Waals surface area contributed by atoms with Crippen molar-refractivity contribution in [1.82, 2.24) is 9.62 Å². The Morgan fingerprint density at radius 1 is 1.00 bits per heavy atom. The zero-order valence-corrected chi connectivity index (χ0v) is 21.5. The molecule has 1 aliphatic heterocycles. The minimum Gasteiger partial charge on any atom is -0.444 e. The highest BCUT2D eigenvalue weighted by Crippen LogP contribution is 2.36. The fraction of sp³-hybridized carbons (Fsp3) is 0.435. The quantitative estimate of drug-likeness (QED) is 0.599. The number of nitrogens with zero attached hydrogens (tertiary/aromatic N) is 1. The van der Waals surface area contributed by atoms with Crippen LogP contribution in [0, 0.1) is 0 Å². The van der Waals surface area contributed by atoms with E-state index in [0.717, 1.165) is 6.07 Å². The van der Waals surface area contributed by atoms with Gasteiger partial charge in [-0.05, 0) is 63.9 Å². The summed E-state index contributed by atoms with van der Waals surface area (Å²) in [5.41, 5.74) is -2.28. The Morgan fingerprint density at radius 3 is 2.22 bits per heavy atom. The molecule has 1 heterocycles. The Balaban J connectivity index is 1.95. The molecule has 1 atom stereocenters. The molecule has 198 valence electrons. The van der Waals surface area contributed by atoms with Gasteiger partial charge in [0.1, 0.15) is 5.60 Å². The lowest BCUT2D eigenvalue weighted by atomic mass is 10.1. The van der Waals surface area contributed by atoms with Crippen LogP contribution in [0.1, 0.15) is 39.2 Å². The Hall–Kier alpha value is -2.64. The molecule has 2 aromatic carbocycles. The molecule has 0 aliphatic carbocycles. The summed E-state index contributed by atoms with van der Waals surface area (Å²) in [5.74, 6) is 0. The third-order valence-corrected chi connectivity index (χ3v) is 8.63. The second kappa shape index (κ2) is 10.0. The lowest BCUT2D eigenvalue weighted by Gasteiger charge is -2.34. The fourth-order valence-corrected chi connectivity index (χ4v) is 6.61. The highest BCUT2D eigenvalue weighted by Gasteiger charge is 2.39. The van der Waals surface area contributed by atoms with Gasteiger partial charge in [-0.25, -0.2) is 26.4 Å². The van der Waals surface area contributed by atoms with Crippen molar-refractivity contribution in [2.24, 2.45) is 0 Å². The Labute approximate surface area is 208 Å². The van der Waals surface area contributed by atoms with Crippen LogP contribution in [0.25, 0.3) is 0 Å². The van der Waals surface area contributed by atoms with Gasteiger partial charge in [0, 0.05) is 19.1 Å². The van der Waals surface area contributed by atoms with E-state index in [4.69, 9.17) is 4.74 Å². The molecule has 2 aromatic rings. The number of piperidine rings is 1. The van der Waals surface area contributed by atoms with Gasteiger partial charge in [-0.1, -0.05) is 18.2 Å². The molecule has 1 saturated heterocycles. The summed E-state index contributed by atoms with van der Waals surface area (Å²) < 4.78 is 101. The molecule has 0 saturated carbocycles. The lowest BCUT2D eigenvalue weighted by Crippen LogP contribution is -2.50. The summed E-state index contributed by atoms with van der Waals surface area (Å²) in [6.45, 7) is 5.20. The number of carbonyl (C=O) groups is 1. The Kier molecular flexibility index (Phi) is 7.78. The van der Waals surface area contributed by atoms with E-state index in [0.29, 0.717) is 25.1 Å². The number of hydrogen-bond acceptors (Lipinski definition) is 6. The molecule has 0 bridgehead atoms. The molecule has 0 unspecified atom stereocenters. The summed E-state index contributed by atoms with van der Waals surface area (Å²) in [7, 11) is -9.12. The van der Waals surface area contributed by atoms with Crippen molar-refractivity contribution in [2.45, 2.75) is 66.1 Å². The number of sulfone groups is 1. The molecule has 0 radical (unpaired) electrons. The second-order valence-corrected chi connectivity index (χ2v) is 13.0. The smallest absolute Gasteiger partial charge is 0.417 e. The third kappa shape index (κ3) is 6.56. The van der Waals surface area contributed by atoms with E-state index in [1.807, 2.05) is 0 Å². The normalized spacial score (nSPS) is 17.6. The largest absolute Gasteiger partial charge is 0.444 e. The van der Waals surface area contributed by atoms with Crippen LogP contribution in [0.15, 0.2) is 63.2 Å². The molecule has 0 aromatic heterocycles. The number of alkyl halides is 3. The number of rotatable bonds is 5. The first-order valence-corrected chi connectivity index (χ1v) is 14.0. The van der Waals surface area contributed by atoms with Gasteiger partial charge >= 0.3 is 12.3 Å². The van der Waals surface area contributed by atoms with Gasteiger partial charge in [0.2, 0.25) is 19.9 Å². The SMILES string of the molecule is CC(C)(C)OC(=O)N1CCC[C@H](NS(=O)(=O)c2cc(S(=O)(=O)c3ccccc3)ccc2C(F)(F)F)C1. The first-order chi connectivity index (χ1) is 16.5. The molecule has 1 amide bonds. The minimum absolute atomic E-state index is 0.114. The van der Waals surface area contributed by atoms with Gasteiger partial charge in [-0.3, -0.25) is 0 Å². The molecule has 1 N–H and O–H groups in total.